The van der Waals surface area contributed by atoms with Crippen LogP contribution in [0.4, 0.5) is 0 Å². The second kappa shape index (κ2) is 2.94. The lowest BCUT2D eigenvalue weighted by atomic mass is 9.73. The van der Waals surface area contributed by atoms with E-state index in [0.717, 1.165) is 11.1 Å². The van der Waals surface area contributed by atoms with Gasteiger partial charge in [-0.3, -0.25) is 0 Å². The summed E-state index contributed by atoms with van der Waals surface area (Å²) >= 11 is 0. The summed E-state index contributed by atoms with van der Waals surface area (Å²) in [5.74, 6) is 0. The molecule has 0 saturated carbocycles. The maximum Gasteiger partial charge on any atom is 0.488 e. The number of fused-ring (bicyclic) bond motifs is 1. The first-order valence-corrected chi connectivity index (χ1v) is 4.04. The van der Waals surface area contributed by atoms with Crippen LogP contribution >= 0.6 is 0 Å². The molecule has 1 atom stereocenters. The molecule has 0 aromatic heterocycles. The van der Waals surface area contributed by atoms with E-state index in [1.165, 1.54) is 0 Å². The van der Waals surface area contributed by atoms with Gasteiger partial charge in [-0.2, -0.15) is 10.2 Å². The minimum absolute atomic E-state index is 0.0116. The highest BCUT2D eigenvalue weighted by Gasteiger charge is 2.25. The fourth-order valence-corrected chi connectivity index (χ4v) is 1.50. The topological polar surface area (TPSA) is 65.2 Å². The molecule has 0 aromatic carbocycles. The van der Waals surface area contributed by atoms with Crippen molar-refractivity contribution >= 4 is 7.12 Å². The van der Waals surface area contributed by atoms with Gasteiger partial charge < -0.3 is 10.0 Å². The summed E-state index contributed by atoms with van der Waals surface area (Å²) in [6.45, 7) is 1.90. The zero-order valence-corrected chi connectivity index (χ0v) is 7.18. The maximum absolute atomic E-state index is 8.97. The molecule has 0 amide bonds. The van der Waals surface area contributed by atoms with Gasteiger partial charge in [0, 0.05) is 5.57 Å². The van der Waals surface area contributed by atoms with Gasteiger partial charge >= 0.3 is 7.12 Å². The summed E-state index contributed by atoms with van der Waals surface area (Å²) < 4.78 is 0. The number of nitrogens with zero attached hydrogens (tertiary/aromatic N) is 2. The van der Waals surface area contributed by atoms with Crippen molar-refractivity contribution in [3.63, 3.8) is 0 Å². The molecular weight excluding hydrogens is 167 g/mol. The SMILES string of the molecule is CC1=CC(B(O)O)=CC2=CN=N[C@H]12. The lowest BCUT2D eigenvalue weighted by molar-refractivity contribution is 0.420. The largest absolute Gasteiger partial charge is 0.488 e. The lowest BCUT2D eigenvalue weighted by Crippen LogP contribution is -2.20. The van der Waals surface area contributed by atoms with Crippen LogP contribution in [-0.4, -0.2) is 23.2 Å². The van der Waals surface area contributed by atoms with Gasteiger partial charge in [-0.1, -0.05) is 12.2 Å². The van der Waals surface area contributed by atoms with Gasteiger partial charge in [-0.05, 0) is 18.0 Å². The normalized spacial score (nSPS) is 24.8. The van der Waals surface area contributed by atoms with E-state index in [0.29, 0.717) is 5.47 Å². The maximum atomic E-state index is 8.97. The molecule has 13 heavy (non-hydrogen) atoms. The summed E-state index contributed by atoms with van der Waals surface area (Å²) in [7, 11) is -1.42. The molecule has 0 radical (unpaired) electrons. The van der Waals surface area contributed by atoms with Gasteiger partial charge in [0.2, 0.25) is 0 Å². The number of rotatable bonds is 1. The first-order chi connectivity index (χ1) is 6.18. The van der Waals surface area contributed by atoms with Crippen LogP contribution in [0.5, 0.6) is 0 Å². The van der Waals surface area contributed by atoms with Crippen LogP contribution in [0.1, 0.15) is 6.92 Å². The zero-order chi connectivity index (χ0) is 9.42. The summed E-state index contributed by atoms with van der Waals surface area (Å²) in [5, 5.41) is 25.7. The Morgan fingerprint density at radius 3 is 2.85 bits per heavy atom. The van der Waals surface area contributed by atoms with E-state index in [1.54, 1.807) is 18.4 Å². The molecule has 66 valence electrons. The number of hydrogen-bond donors (Lipinski definition) is 2. The quantitative estimate of drug-likeness (QED) is 0.574. The van der Waals surface area contributed by atoms with Crippen LogP contribution in [0.15, 0.2) is 45.2 Å². The molecule has 0 aromatic rings. The Balaban J connectivity index is 2.37. The number of hydrogen-bond acceptors (Lipinski definition) is 4. The highest BCUT2D eigenvalue weighted by Crippen LogP contribution is 2.29. The van der Waals surface area contributed by atoms with Crippen molar-refractivity contribution in [1.29, 1.82) is 0 Å². The van der Waals surface area contributed by atoms with Gasteiger partial charge in [0.15, 0.2) is 0 Å². The van der Waals surface area contributed by atoms with Crippen molar-refractivity contribution in [2.24, 2.45) is 10.2 Å². The minimum Gasteiger partial charge on any atom is -0.423 e. The van der Waals surface area contributed by atoms with Crippen molar-refractivity contribution in [1.82, 2.24) is 0 Å². The van der Waals surface area contributed by atoms with Crippen LogP contribution < -0.4 is 0 Å². The second-order valence-corrected chi connectivity index (χ2v) is 3.17. The molecule has 1 aliphatic carbocycles. The Bertz CT molecular complexity index is 355. The Labute approximate surface area is 76.1 Å². The van der Waals surface area contributed by atoms with Crippen LogP contribution in [-0.2, 0) is 0 Å². The highest BCUT2D eigenvalue weighted by atomic mass is 16.4. The molecule has 4 nitrogen and oxygen atoms in total. The highest BCUT2D eigenvalue weighted by molar-refractivity contribution is 6.52. The Hall–Kier alpha value is -1.20. The molecule has 2 N–H and O–H groups in total. The molecule has 0 unspecified atom stereocenters. The van der Waals surface area contributed by atoms with Gasteiger partial charge in [-0.25, -0.2) is 0 Å². The van der Waals surface area contributed by atoms with E-state index in [1.807, 2.05) is 6.92 Å². The lowest BCUT2D eigenvalue weighted by Gasteiger charge is -2.16. The Kier molecular flexibility index (Phi) is 1.90. The van der Waals surface area contributed by atoms with E-state index in [4.69, 9.17) is 10.0 Å². The first kappa shape index (κ1) is 8.41. The Morgan fingerprint density at radius 1 is 1.38 bits per heavy atom. The average Bonchev–Trinajstić information content (AvgIpc) is 2.51. The summed E-state index contributed by atoms with van der Waals surface area (Å²) in [4.78, 5) is 0. The van der Waals surface area contributed by atoms with E-state index in [9.17, 15) is 0 Å². The third-order valence-corrected chi connectivity index (χ3v) is 2.16. The molecule has 0 fully saturated rings. The molecule has 5 heteroatoms. The molecule has 2 aliphatic rings. The first-order valence-electron chi connectivity index (χ1n) is 4.04. The smallest absolute Gasteiger partial charge is 0.423 e. The monoisotopic (exact) mass is 176 g/mol. The predicted molar refractivity (Wildman–Crippen MR) is 48.8 cm³/mol. The average molecular weight is 176 g/mol. The van der Waals surface area contributed by atoms with E-state index >= 15 is 0 Å². The fourth-order valence-electron chi connectivity index (χ4n) is 1.50. The van der Waals surface area contributed by atoms with E-state index in [-0.39, 0.29) is 6.04 Å². The molecule has 0 saturated heterocycles. The number of allylic oxidation sites excluding steroid dienone is 2. The molecule has 0 spiro atoms. The number of azo groups is 1. The zero-order valence-electron chi connectivity index (χ0n) is 7.18. The third-order valence-electron chi connectivity index (χ3n) is 2.16. The van der Waals surface area contributed by atoms with E-state index in [2.05, 4.69) is 10.2 Å². The molecule has 2 rings (SSSR count). The Morgan fingerprint density at radius 2 is 2.15 bits per heavy atom. The van der Waals surface area contributed by atoms with Gasteiger partial charge in [0.1, 0.15) is 6.04 Å². The summed E-state index contributed by atoms with van der Waals surface area (Å²) in [6.07, 6.45) is 5.09. The van der Waals surface area contributed by atoms with Crippen LogP contribution in [0.2, 0.25) is 0 Å². The van der Waals surface area contributed by atoms with Gasteiger partial charge in [0.25, 0.3) is 0 Å². The second-order valence-electron chi connectivity index (χ2n) is 3.17. The molecule has 1 aliphatic heterocycles. The third kappa shape index (κ3) is 1.36. The van der Waals surface area contributed by atoms with Crippen LogP contribution in [0.25, 0.3) is 0 Å². The molecule has 1 heterocycles. The van der Waals surface area contributed by atoms with Crippen LogP contribution in [0.3, 0.4) is 0 Å². The molecule has 0 bridgehead atoms. The van der Waals surface area contributed by atoms with Crippen molar-refractivity contribution in [3.8, 4) is 0 Å². The van der Waals surface area contributed by atoms with Crippen molar-refractivity contribution in [2.45, 2.75) is 13.0 Å². The van der Waals surface area contributed by atoms with Crippen molar-refractivity contribution in [3.05, 3.63) is 35.0 Å². The minimum atomic E-state index is -1.42. The summed E-state index contributed by atoms with van der Waals surface area (Å²) in [5.41, 5.74) is 2.40. The fraction of sp³-hybridized carbons (Fsp3) is 0.250. The van der Waals surface area contributed by atoms with E-state index < -0.39 is 7.12 Å². The summed E-state index contributed by atoms with van der Waals surface area (Å²) in [6, 6.07) is -0.0116. The van der Waals surface area contributed by atoms with Crippen LogP contribution in [0, 0.1) is 0 Å². The standard InChI is InChI=1S/C8H9BN2O2/c1-5-2-7(9(12)13)3-6-4-10-11-8(5)6/h2-4,8,12-13H,1H3/t8-/m1/s1. The van der Waals surface area contributed by atoms with Gasteiger partial charge in [0.05, 0.1) is 6.20 Å². The van der Waals surface area contributed by atoms with Gasteiger partial charge in [-0.15, -0.1) is 0 Å². The molecular formula is C8H9BN2O2. The van der Waals surface area contributed by atoms with Crippen molar-refractivity contribution < 1.29 is 10.0 Å². The van der Waals surface area contributed by atoms with Crippen molar-refractivity contribution in [2.75, 3.05) is 0 Å². The predicted octanol–water partition coefficient (Wildman–Crippen LogP) is 0.603.